The summed E-state index contributed by atoms with van der Waals surface area (Å²) in [6.45, 7) is 4.62. The van der Waals surface area contributed by atoms with E-state index in [2.05, 4.69) is 11.3 Å². The van der Waals surface area contributed by atoms with Crippen LogP contribution in [0.3, 0.4) is 0 Å². The molecule has 0 unspecified atom stereocenters. The summed E-state index contributed by atoms with van der Waals surface area (Å²) in [5.41, 5.74) is -0.0751. The van der Waals surface area contributed by atoms with Crippen LogP contribution in [0.5, 0.6) is 0 Å². The molecule has 0 spiro atoms. The fourth-order valence-electron chi connectivity index (χ4n) is 0.826. The van der Waals surface area contributed by atoms with Crippen molar-refractivity contribution in [2.24, 2.45) is 0 Å². The third-order valence-electron chi connectivity index (χ3n) is 2.08. The predicted molar refractivity (Wildman–Crippen MR) is 98.9 cm³/mol. The molecule has 0 aromatic carbocycles. The van der Waals surface area contributed by atoms with Gasteiger partial charge in [0.1, 0.15) is 0 Å². The Morgan fingerprint density at radius 1 is 0.773 bits per heavy atom. The van der Waals surface area contributed by atoms with E-state index < -0.39 is 27.3 Å². The van der Waals surface area contributed by atoms with Gasteiger partial charge in [-0.15, -0.1) is 0 Å². The molecule has 13 heteroatoms. The molecule has 0 fully saturated rings. The summed E-state index contributed by atoms with van der Waals surface area (Å²) in [7, 11) is 0. The first-order valence-corrected chi connectivity index (χ1v) is 8.95. The molecule has 0 amide bonds. The number of carbonyl (C=O) groups is 1. The van der Waals surface area contributed by atoms with E-state index in [-0.39, 0.29) is 5.57 Å². The second kappa shape index (κ2) is 7.56. The molecule has 0 rings (SSSR count). The lowest BCUT2D eigenvalue weighted by atomic mass is 10.2. The van der Waals surface area contributed by atoms with Crippen LogP contribution in [0.1, 0.15) is 6.92 Å². The smallest absolute Gasteiger partial charge is 0.335 e. The van der Waals surface area contributed by atoms with Crippen molar-refractivity contribution < 1.29 is 9.53 Å². The molecule has 0 atom stereocenters. The standard InChI is InChI=1S/C9H5Cl11O2/c1-3(2)4(21)22-9(19,20)7(14,15)5(10,11)6(12,13)8(16,17)18/h1H2,2H3. The van der Waals surface area contributed by atoms with Crippen LogP contribution in [0.2, 0.25) is 0 Å². The van der Waals surface area contributed by atoms with Gasteiger partial charge in [-0.05, 0) is 6.92 Å². The van der Waals surface area contributed by atoms with Crippen LogP contribution in [0.25, 0.3) is 0 Å². The fraction of sp³-hybridized carbons (Fsp3) is 0.667. The molecule has 0 heterocycles. The van der Waals surface area contributed by atoms with Crippen molar-refractivity contribution in [1.82, 2.24) is 0 Å². The first kappa shape index (κ1) is 24.4. The van der Waals surface area contributed by atoms with Gasteiger partial charge in [0.2, 0.25) is 12.5 Å². The molecule has 0 aliphatic carbocycles. The summed E-state index contributed by atoms with van der Waals surface area (Å²) in [4.78, 5) is 11.5. The molecule has 0 bridgehead atoms. The van der Waals surface area contributed by atoms with E-state index in [1.807, 2.05) is 0 Å². The van der Waals surface area contributed by atoms with Crippen molar-refractivity contribution in [3.63, 3.8) is 0 Å². The zero-order chi connectivity index (χ0) is 18.4. The van der Waals surface area contributed by atoms with Crippen molar-refractivity contribution >= 4 is 134 Å². The van der Waals surface area contributed by atoms with Crippen LogP contribution < -0.4 is 0 Å². The van der Waals surface area contributed by atoms with E-state index in [0.717, 1.165) is 0 Å². The molecule has 0 aliphatic heterocycles. The Balaban J connectivity index is 5.89. The number of hydrogen-bond acceptors (Lipinski definition) is 2. The Labute approximate surface area is 182 Å². The largest absolute Gasteiger partial charge is 0.422 e. The molecule has 0 aromatic rings. The maximum Gasteiger partial charge on any atom is 0.335 e. The van der Waals surface area contributed by atoms with Gasteiger partial charge in [0.25, 0.3) is 4.52 Å². The van der Waals surface area contributed by atoms with E-state index in [1.165, 1.54) is 6.92 Å². The van der Waals surface area contributed by atoms with Crippen LogP contribution >= 0.6 is 128 Å². The minimum atomic E-state index is -2.75. The minimum absolute atomic E-state index is 0.0751. The van der Waals surface area contributed by atoms with Crippen molar-refractivity contribution in [3.05, 3.63) is 12.2 Å². The highest BCUT2D eigenvalue weighted by Crippen LogP contribution is 2.66. The van der Waals surface area contributed by atoms with E-state index in [1.54, 1.807) is 0 Å². The van der Waals surface area contributed by atoms with Crippen molar-refractivity contribution in [3.8, 4) is 0 Å². The molecule has 0 radical (unpaired) electrons. The van der Waals surface area contributed by atoms with Crippen LogP contribution in [0.15, 0.2) is 12.2 Å². The molecule has 130 valence electrons. The minimum Gasteiger partial charge on any atom is -0.422 e. The average Bonchev–Trinajstić information content (AvgIpc) is 2.25. The summed E-state index contributed by atoms with van der Waals surface area (Å²) in [5, 5.41) is 0. The molecular formula is C9H5Cl11O2. The van der Waals surface area contributed by atoms with Gasteiger partial charge >= 0.3 is 5.97 Å². The molecule has 0 saturated heterocycles. The normalized spacial score (nSPS) is 14.7. The van der Waals surface area contributed by atoms with Gasteiger partial charge in [0, 0.05) is 5.57 Å². The second-order valence-corrected chi connectivity index (χ2v) is 11.4. The van der Waals surface area contributed by atoms with E-state index >= 15 is 0 Å². The Morgan fingerprint density at radius 3 is 1.41 bits per heavy atom. The summed E-state index contributed by atoms with van der Waals surface area (Å²) in [5.74, 6) is -1.05. The Hall–Kier alpha value is 2.40. The monoisotopic (exact) mass is 530 g/mol. The first-order chi connectivity index (χ1) is 9.33. The van der Waals surface area contributed by atoms with Gasteiger partial charge in [-0.25, -0.2) is 4.79 Å². The third kappa shape index (κ3) is 4.57. The van der Waals surface area contributed by atoms with Crippen molar-refractivity contribution in [2.45, 2.75) is 28.2 Å². The van der Waals surface area contributed by atoms with Gasteiger partial charge in [-0.1, -0.05) is 134 Å². The van der Waals surface area contributed by atoms with Gasteiger partial charge in [-0.2, -0.15) is 0 Å². The number of esters is 1. The van der Waals surface area contributed by atoms with Gasteiger partial charge < -0.3 is 4.74 Å². The summed E-state index contributed by atoms with van der Waals surface area (Å²) in [6, 6.07) is 0. The molecule has 22 heavy (non-hydrogen) atoms. The Bertz CT molecular complexity index is 463. The molecule has 0 aliphatic rings. The fourth-order valence-corrected chi connectivity index (χ4v) is 3.55. The van der Waals surface area contributed by atoms with E-state index in [4.69, 9.17) is 128 Å². The van der Waals surface area contributed by atoms with Crippen LogP contribution in [0, 0.1) is 0 Å². The molecule has 2 nitrogen and oxygen atoms in total. The van der Waals surface area contributed by atoms with E-state index in [9.17, 15) is 4.79 Å². The van der Waals surface area contributed by atoms with E-state index in [0.29, 0.717) is 0 Å². The Morgan fingerprint density at radius 2 is 1.14 bits per heavy atom. The molecule has 0 saturated carbocycles. The van der Waals surface area contributed by atoms with Crippen LogP contribution in [-0.4, -0.2) is 27.3 Å². The maximum absolute atomic E-state index is 11.5. The highest BCUT2D eigenvalue weighted by Gasteiger charge is 2.74. The van der Waals surface area contributed by atoms with Crippen LogP contribution in [0.4, 0.5) is 0 Å². The van der Waals surface area contributed by atoms with Gasteiger partial charge in [0.05, 0.1) is 0 Å². The third-order valence-corrected chi connectivity index (χ3v) is 8.76. The summed E-state index contributed by atoms with van der Waals surface area (Å²) >= 11 is 63.9. The SMILES string of the molecule is C=C(C)C(=O)OC(Cl)(Cl)C(Cl)(Cl)C(Cl)(Cl)C(Cl)(Cl)C(Cl)(Cl)Cl. The number of hydrogen-bond donors (Lipinski definition) is 0. The number of halogens is 11. The van der Waals surface area contributed by atoms with Crippen molar-refractivity contribution in [1.29, 1.82) is 0 Å². The number of ether oxygens (including phenoxy) is 1. The lowest BCUT2D eigenvalue weighted by Crippen LogP contribution is -2.62. The number of alkyl halides is 11. The highest BCUT2D eigenvalue weighted by atomic mass is 35.6. The lowest BCUT2D eigenvalue weighted by Gasteiger charge is -2.47. The summed E-state index contributed by atoms with van der Waals surface area (Å²) < 4.78 is -8.63. The first-order valence-electron chi connectivity index (χ1n) is 4.79. The molecule has 0 aromatic heterocycles. The maximum atomic E-state index is 11.5. The molecule has 0 N–H and O–H groups in total. The topological polar surface area (TPSA) is 26.3 Å². The summed E-state index contributed by atoms with van der Waals surface area (Å²) in [6.07, 6.45) is 0. The highest BCUT2D eigenvalue weighted by molar-refractivity contribution is 6.81. The lowest BCUT2D eigenvalue weighted by molar-refractivity contribution is -0.143. The van der Waals surface area contributed by atoms with Gasteiger partial charge in [0.15, 0.2) is 4.33 Å². The Kier molecular flexibility index (Phi) is 8.39. The molecular weight excluding hydrogens is 530 g/mol. The van der Waals surface area contributed by atoms with Crippen LogP contribution in [-0.2, 0) is 9.53 Å². The number of carbonyl (C=O) groups excluding carboxylic acids is 1. The predicted octanol–water partition coefficient (Wildman–Crippen LogP) is 7.13. The van der Waals surface area contributed by atoms with Crippen molar-refractivity contribution in [2.75, 3.05) is 0 Å². The zero-order valence-corrected chi connectivity index (χ0v) is 18.5. The van der Waals surface area contributed by atoms with Gasteiger partial charge in [-0.3, -0.25) is 0 Å². The number of rotatable bonds is 5. The quantitative estimate of drug-likeness (QED) is 0.213. The average molecular weight is 535 g/mol. The zero-order valence-electron chi connectivity index (χ0n) is 10.2. The second-order valence-electron chi connectivity index (χ2n) is 3.91.